The van der Waals surface area contributed by atoms with Crippen molar-refractivity contribution in [1.29, 1.82) is 0 Å². The molecule has 0 saturated heterocycles. The molecule has 0 fully saturated rings. The van der Waals surface area contributed by atoms with Gasteiger partial charge >= 0.3 is 0 Å². The molecule has 4 rings (SSSR count). The molecule has 3 heterocycles. The van der Waals surface area contributed by atoms with Crippen LogP contribution in [0.3, 0.4) is 0 Å². The highest BCUT2D eigenvalue weighted by Gasteiger charge is 2.16. The number of non-ortho nitro benzene ring substituents is 1. The van der Waals surface area contributed by atoms with Crippen LogP contribution in [-0.4, -0.2) is 24.7 Å². The molecule has 9 heteroatoms. The van der Waals surface area contributed by atoms with Crippen molar-refractivity contribution in [3.05, 3.63) is 52.3 Å². The van der Waals surface area contributed by atoms with E-state index in [1.54, 1.807) is 16.6 Å². The first-order chi connectivity index (χ1) is 12.2. The average Bonchev–Trinajstić information content (AvgIpc) is 3.31. The number of hydrogen-bond donors (Lipinski definition) is 0. The number of fused-ring (bicyclic) bond motifs is 1. The molecule has 1 aromatic carbocycles. The second-order valence-corrected chi connectivity index (χ2v) is 6.39. The third-order valence-electron chi connectivity index (χ3n) is 3.71. The van der Waals surface area contributed by atoms with Crippen LogP contribution in [-0.2, 0) is 6.42 Å². The van der Waals surface area contributed by atoms with E-state index in [0.29, 0.717) is 11.5 Å². The van der Waals surface area contributed by atoms with Crippen LogP contribution in [0.2, 0.25) is 0 Å². The molecule has 8 nitrogen and oxygen atoms in total. The molecule has 25 heavy (non-hydrogen) atoms. The van der Waals surface area contributed by atoms with E-state index in [9.17, 15) is 10.1 Å². The number of nitrogens with zero attached hydrogens (tertiary/aromatic N) is 5. The van der Waals surface area contributed by atoms with E-state index in [1.165, 1.54) is 23.5 Å². The molecular formula is C16H13N5O3S. The molecule has 3 aromatic heterocycles. The highest BCUT2D eigenvalue weighted by molar-refractivity contribution is 7.19. The molecule has 0 unspecified atom stereocenters. The van der Waals surface area contributed by atoms with Crippen LogP contribution in [0.4, 0.5) is 5.69 Å². The van der Waals surface area contributed by atoms with Gasteiger partial charge in [-0.15, -0.1) is 15.3 Å². The van der Waals surface area contributed by atoms with E-state index in [4.69, 9.17) is 4.42 Å². The standard InChI is InChI=1S/C16H13N5O3S/c1-2-3-14-17-18-16-20(14)19-15(25-16)13-9-8-12(24-13)10-4-6-11(7-5-10)21(22)23/h4-9H,2-3H2,1H3. The highest BCUT2D eigenvalue weighted by atomic mass is 32.1. The molecule has 126 valence electrons. The predicted molar refractivity (Wildman–Crippen MR) is 92.4 cm³/mol. The topological polar surface area (TPSA) is 99.4 Å². The lowest BCUT2D eigenvalue weighted by Gasteiger charge is -1.96. The molecule has 0 radical (unpaired) electrons. The van der Waals surface area contributed by atoms with Crippen molar-refractivity contribution in [2.24, 2.45) is 0 Å². The number of furan rings is 1. The molecule has 0 aliphatic carbocycles. The lowest BCUT2D eigenvalue weighted by atomic mass is 10.1. The maximum absolute atomic E-state index is 10.7. The van der Waals surface area contributed by atoms with Crippen molar-refractivity contribution < 1.29 is 9.34 Å². The third kappa shape index (κ3) is 2.78. The number of aryl methyl sites for hydroxylation is 1. The Balaban J connectivity index is 1.65. The van der Waals surface area contributed by atoms with Crippen molar-refractivity contribution >= 4 is 22.0 Å². The lowest BCUT2D eigenvalue weighted by Crippen LogP contribution is -1.94. The molecule has 4 aromatic rings. The molecule has 0 bridgehead atoms. The first-order valence-corrected chi connectivity index (χ1v) is 8.53. The van der Waals surface area contributed by atoms with E-state index in [2.05, 4.69) is 22.2 Å². The van der Waals surface area contributed by atoms with Crippen LogP contribution in [0.1, 0.15) is 19.2 Å². The third-order valence-corrected chi connectivity index (χ3v) is 4.62. The van der Waals surface area contributed by atoms with Gasteiger partial charge in [0, 0.05) is 24.1 Å². The highest BCUT2D eigenvalue weighted by Crippen LogP contribution is 2.31. The fraction of sp³-hybridized carbons (Fsp3) is 0.188. The van der Waals surface area contributed by atoms with E-state index in [-0.39, 0.29) is 5.69 Å². The van der Waals surface area contributed by atoms with Gasteiger partial charge in [-0.1, -0.05) is 18.3 Å². The van der Waals surface area contributed by atoms with Gasteiger partial charge in [0.25, 0.3) is 5.69 Å². The van der Waals surface area contributed by atoms with Crippen molar-refractivity contribution in [2.75, 3.05) is 0 Å². The minimum absolute atomic E-state index is 0.0487. The Kier molecular flexibility index (Phi) is 3.77. The summed E-state index contributed by atoms with van der Waals surface area (Å²) in [6.07, 6.45) is 1.79. The Bertz CT molecular complexity index is 1050. The van der Waals surface area contributed by atoms with Crippen molar-refractivity contribution in [1.82, 2.24) is 19.8 Å². The zero-order valence-electron chi connectivity index (χ0n) is 13.2. The van der Waals surface area contributed by atoms with Crippen molar-refractivity contribution in [3.8, 4) is 22.1 Å². The van der Waals surface area contributed by atoms with Crippen LogP contribution in [0, 0.1) is 10.1 Å². The Hall–Kier alpha value is -3.07. The number of aromatic nitrogens is 4. The van der Waals surface area contributed by atoms with Gasteiger partial charge in [0.2, 0.25) is 4.96 Å². The second kappa shape index (κ2) is 6.10. The quantitative estimate of drug-likeness (QED) is 0.397. The zero-order chi connectivity index (χ0) is 17.4. The van der Waals surface area contributed by atoms with Crippen molar-refractivity contribution in [2.45, 2.75) is 19.8 Å². The number of hydrogen-bond acceptors (Lipinski definition) is 7. The number of nitro benzene ring substituents is 1. The minimum atomic E-state index is -0.426. The zero-order valence-corrected chi connectivity index (χ0v) is 14.1. The monoisotopic (exact) mass is 355 g/mol. The number of rotatable bonds is 5. The van der Waals surface area contributed by atoms with Gasteiger partial charge in [-0.05, 0) is 30.7 Å². The molecule has 0 spiro atoms. The van der Waals surface area contributed by atoms with Gasteiger partial charge < -0.3 is 4.42 Å². The van der Waals surface area contributed by atoms with Crippen LogP contribution in [0.15, 0.2) is 40.8 Å². The van der Waals surface area contributed by atoms with Gasteiger partial charge in [0.05, 0.1) is 4.92 Å². The van der Waals surface area contributed by atoms with E-state index in [0.717, 1.165) is 34.2 Å². The van der Waals surface area contributed by atoms with E-state index >= 15 is 0 Å². The largest absolute Gasteiger partial charge is 0.454 e. The summed E-state index contributed by atoms with van der Waals surface area (Å²) in [5, 5.41) is 24.3. The van der Waals surface area contributed by atoms with E-state index < -0.39 is 4.92 Å². The Morgan fingerprint density at radius 1 is 1.16 bits per heavy atom. The Morgan fingerprint density at radius 3 is 2.64 bits per heavy atom. The molecular weight excluding hydrogens is 342 g/mol. The van der Waals surface area contributed by atoms with Gasteiger partial charge in [-0.3, -0.25) is 10.1 Å². The molecule has 0 N–H and O–H groups in total. The number of benzene rings is 1. The second-order valence-electron chi connectivity index (χ2n) is 5.44. The molecule has 0 atom stereocenters. The maximum atomic E-state index is 10.7. The SMILES string of the molecule is CCCc1nnc2sc(-c3ccc(-c4ccc([N+](=O)[O-])cc4)o3)nn12. The fourth-order valence-electron chi connectivity index (χ4n) is 2.49. The van der Waals surface area contributed by atoms with Crippen LogP contribution in [0.5, 0.6) is 0 Å². The van der Waals surface area contributed by atoms with Crippen LogP contribution < -0.4 is 0 Å². The average molecular weight is 355 g/mol. The molecule has 0 amide bonds. The van der Waals surface area contributed by atoms with E-state index in [1.807, 2.05) is 12.1 Å². The maximum Gasteiger partial charge on any atom is 0.269 e. The molecule has 0 aliphatic heterocycles. The smallest absolute Gasteiger partial charge is 0.269 e. The summed E-state index contributed by atoms with van der Waals surface area (Å²) in [5.41, 5.74) is 0.819. The Morgan fingerprint density at radius 2 is 1.92 bits per heavy atom. The summed E-state index contributed by atoms with van der Waals surface area (Å²) in [4.78, 5) is 11.0. The van der Waals surface area contributed by atoms with Gasteiger partial charge in [0.15, 0.2) is 16.6 Å². The Labute approximate surface area is 145 Å². The summed E-state index contributed by atoms with van der Waals surface area (Å²) in [5.74, 6) is 2.10. The van der Waals surface area contributed by atoms with Crippen LogP contribution in [0.25, 0.3) is 27.1 Å². The summed E-state index contributed by atoms with van der Waals surface area (Å²) < 4.78 is 7.62. The summed E-state index contributed by atoms with van der Waals surface area (Å²) >= 11 is 1.41. The molecule has 0 aliphatic rings. The van der Waals surface area contributed by atoms with Gasteiger partial charge in [-0.2, -0.15) is 4.52 Å². The van der Waals surface area contributed by atoms with Gasteiger partial charge in [0.1, 0.15) is 5.76 Å². The predicted octanol–water partition coefficient (Wildman–Crippen LogP) is 3.97. The first kappa shape index (κ1) is 15.5. The lowest BCUT2D eigenvalue weighted by molar-refractivity contribution is -0.384. The fourth-order valence-corrected chi connectivity index (χ4v) is 3.31. The van der Waals surface area contributed by atoms with Crippen LogP contribution >= 0.6 is 11.3 Å². The summed E-state index contributed by atoms with van der Waals surface area (Å²) in [6.45, 7) is 2.08. The normalized spacial score (nSPS) is 11.2. The molecule has 0 saturated carbocycles. The van der Waals surface area contributed by atoms with Crippen molar-refractivity contribution in [3.63, 3.8) is 0 Å². The minimum Gasteiger partial charge on any atom is -0.454 e. The number of nitro groups is 1. The summed E-state index contributed by atoms with van der Waals surface area (Å²) in [6, 6.07) is 9.90. The first-order valence-electron chi connectivity index (χ1n) is 7.72. The van der Waals surface area contributed by atoms with Gasteiger partial charge in [-0.25, -0.2) is 0 Å². The summed E-state index contributed by atoms with van der Waals surface area (Å²) in [7, 11) is 0.